The number of carboxylic acid groups (broad SMARTS) is 1. The highest BCUT2D eigenvalue weighted by atomic mass is 19.1. The molecule has 1 amide bonds. The van der Waals surface area contributed by atoms with Crippen molar-refractivity contribution in [3.63, 3.8) is 0 Å². The third kappa shape index (κ3) is 3.12. The van der Waals surface area contributed by atoms with Crippen LogP contribution in [-0.2, 0) is 4.79 Å². The number of likely N-dealkylation sites (N-methyl/N-ethyl adjacent to an activating group) is 1. The minimum atomic E-state index is -1.63. The zero-order chi connectivity index (χ0) is 16.3. The molecule has 1 aromatic carbocycles. The van der Waals surface area contributed by atoms with E-state index in [1.54, 1.807) is 0 Å². The van der Waals surface area contributed by atoms with Gasteiger partial charge in [-0.25, -0.2) is 9.18 Å². The van der Waals surface area contributed by atoms with E-state index in [0.29, 0.717) is 17.0 Å². The molecule has 7 nitrogen and oxygen atoms in total. The summed E-state index contributed by atoms with van der Waals surface area (Å²) < 4.78 is 27.5. The molecule has 0 saturated heterocycles. The molecule has 1 N–H and O–H groups in total. The smallest absolute Gasteiger partial charge is 0.326 e. The summed E-state index contributed by atoms with van der Waals surface area (Å²) in [4.78, 5) is 33.1. The zero-order valence-corrected chi connectivity index (χ0v) is 11.2. The van der Waals surface area contributed by atoms with Crippen molar-refractivity contribution >= 4 is 17.6 Å². The Morgan fingerprint density at radius 3 is 2.43 bits per heavy atom. The SMILES string of the molecule is CCC(C(=O)O)N(C)C(=O)c1c(F)ccc([N+](=O)[O-])c1F. The molecule has 0 aliphatic carbocycles. The van der Waals surface area contributed by atoms with E-state index in [9.17, 15) is 28.5 Å². The minimum absolute atomic E-state index is 0.00966. The second-order valence-electron chi connectivity index (χ2n) is 4.19. The number of nitro groups is 1. The summed E-state index contributed by atoms with van der Waals surface area (Å²) >= 11 is 0. The monoisotopic (exact) mass is 302 g/mol. The Labute approximate surface area is 117 Å². The quantitative estimate of drug-likeness (QED) is 0.660. The van der Waals surface area contributed by atoms with Gasteiger partial charge in [-0.3, -0.25) is 14.9 Å². The molecule has 0 aliphatic rings. The lowest BCUT2D eigenvalue weighted by atomic mass is 10.1. The molecule has 0 heterocycles. The highest BCUT2D eigenvalue weighted by Gasteiger charge is 2.32. The molecule has 114 valence electrons. The topological polar surface area (TPSA) is 101 Å². The molecule has 1 atom stereocenters. The van der Waals surface area contributed by atoms with E-state index >= 15 is 0 Å². The van der Waals surface area contributed by atoms with Gasteiger partial charge in [0, 0.05) is 13.1 Å². The number of carbonyl (C=O) groups excluding carboxylic acids is 1. The summed E-state index contributed by atoms with van der Waals surface area (Å²) in [5.41, 5.74) is -2.21. The van der Waals surface area contributed by atoms with Gasteiger partial charge in [0.05, 0.1) is 4.92 Å². The number of aliphatic carboxylic acids is 1. The number of nitrogens with zero attached hydrogens (tertiary/aromatic N) is 2. The van der Waals surface area contributed by atoms with Crippen molar-refractivity contribution in [2.45, 2.75) is 19.4 Å². The Balaban J connectivity index is 3.33. The number of halogens is 2. The fourth-order valence-corrected chi connectivity index (χ4v) is 1.81. The van der Waals surface area contributed by atoms with Crippen LogP contribution in [0, 0.1) is 21.7 Å². The summed E-state index contributed by atoms with van der Waals surface area (Å²) in [7, 11) is 1.06. The molecule has 0 spiro atoms. The Bertz CT molecular complexity index is 606. The Hall–Kier alpha value is -2.58. The molecule has 0 saturated carbocycles. The summed E-state index contributed by atoms with van der Waals surface area (Å²) in [6.07, 6.45) is 0.00966. The Morgan fingerprint density at radius 2 is 2.00 bits per heavy atom. The fourth-order valence-electron chi connectivity index (χ4n) is 1.81. The van der Waals surface area contributed by atoms with Crippen LogP contribution >= 0.6 is 0 Å². The van der Waals surface area contributed by atoms with E-state index in [2.05, 4.69) is 0 Å². The normalized spacial score (nSPS) is 11.8. The Morgan fingerprint density at radius 1 is 1.43 bits per heavy atom. The van der Waals surface area contributed by atoms with Crippen LogP contribution in [0.2, 0.25) is 0 Å². The van der Waals surface area contributed by atoms with Crippen molar-refractivity contribution in [3.8, 4) is 0 Å². The molecule has 0 aromatic heterocycles. The van der Waals surface area contributed by atoms with Crippen LogP contribution in [0.3, 0.4) is 0 Å². The lowest BCUT2D eigenvalue weighted by molar-refractivity contribution is -0.387. The van der Waals surface area contributed by atoms with Crippen molar-refractivity contribution in [1.29, 1.82) is 0 Å². The molecular formula is C12H12F2N2O5. The number of carboxylic acids is 1. The van der Waals surface area contributed by atoms with Crippen LogP contribution in [0.1, 0.15) is 23.7 Å². The molecule has 0 radical (unpaired) electrons. The molecule has 0 aliphatic heterocycles. The van der Waals surface area contributed by atoms with E-state index in [4.69, 9.17) is 5.11 Å². The molecule has 21 heavy (non-hydrogen) atoms. The first-order valence-electron chi connectivity index (χ1n) is 5.84. The van der Waals surface area contributed by atoms with Gasteiger partial charge in [0.2, 0.25) is 5.82 Å². The van der Waals surface area contributed by atoms with E-state index in [0.717, 1.165) is 7.05 Å². The summed E-state index contributed by atoms with van der Waals surface area (Å²) in [5.74, 6) is -5.55. The van der Waals surface area contributed by atoms with Gasteiger partial charge in [-0.2, -0.15) is 4.39 Å². The molecule has 1 rings (SSSR count). The molecule has 0 bridgehead atoms. The third-order valence-electron chi connectivity index (χ3n) is 2.94. The van der Waals surface area contributed by atoms with Crippen molar-refractivity contribution in [3.05, 3.63) is 39.4 Å². The van der Waals surface area contributed by atoms with Gasteiger partial charge in [-0.1, -0.05) is 6.92 Å². The van der Waals surface area contributed by atoms with Crippen LogP contribution in [0.25, 0.3) is 0 Å². The maximum absolute atomic E-state index is 13.9. The van der Waals surface area contributed by atoms with Crippen LogP contribution < -0.4 is 0 Å². The van der Waals surface area contributed by atoms with Crippen LogP contribution in [0.5, 0.6) is 0 Å². The second-order valence-corrected chi connectivity index (χ2v) is 4.19. The average molecular weight is 302 g/mol. The lowest BCUT2D eigenvalue weighted by Gasteiger charge is -2.24. The maximum atomic E-state index is 13.9. The highest BCUT2D eigenvalue weighted by Crippen LogP contribution is 2.24. The molecule has 1 unspecified atom stereocenters. The standard InChI is InChI=1S/C12H12F2N2O5/c1-3-7(12(18)19)15(2)11(17)9-6(13)4-5-8(10(9)14)16(20)21/h4-5,7H,3H2,1-2H3,(H,18,19). The van der Waals surface area contributed by atoms with Gasteiger partial charge in [-0.05, 0) is 12.5 Å². The van der Waals surface area contributed by atoms with Crippen molar-refractivity contribution in [1.82, 2.24) is 4.90 Å². The molecule has 1 aromatic rings. The Kier molecular flexibility index (Phi) is 4.90. The second kappa shape index (κ2) is 6.25. The predicted molar refractivity (Wildman–Crippen MR) is 66.8 cm³/mol. The number of nitro benzene ring substituents is 1. The van der Waals surface area contributed by atoms with Crippen LogP contribution in [0.15, 0.2) is 12.1 Å². The van der Waals surface area contributed by atoms with E-state index in [-0.39, 0.29) is 6.42 Å². The summed E-state index contributed by atoms with van der Waals surface area (Å²) in [6, 6.07) is -0.115. The summed E-state index contributed by atoms with van der Waals surface area (Å²) in [5, 5.41) is 19.5. The maximum Gasteiger partial charge on any atom is 0.326 e. The fraction of sp³-hybridized carbons (Fsp3) is 0.333. The van der Waals surface area contributed by atoms with Gasteiger partial charge in [-0.15, -0.1) is 0 Å². The van der Waals surface area contributed by atoms with Gasteiger partial charge < -0.3 is 10.0 Å². The number of amides is 1. The van der Waals surface area contributed by atoms with Crippen LogP contribution in [0.4, 0.5) is 14.5 Å². The first-order chi connectivity index (χ1) is 9.72. The van der Waals surface area contributed by atoms with Crippen LogP contribution in [-0.4, -0.2) is 39.9 Å². The lowest BCUT2D eigenvalue weighted by Crippen LogP contribution is -2.42. The van der Waals surface area contributed by atoms with E-state index < -0.39 is 45.7 Å². The van der Waals surface area contributed by atoms with Crippen molar-refractivity contribution in [2.75, 3.05) is 7.05 Å². The highest BCUT2D eigenvalue weighted by molar-refractivity contribution is 5.97. The number of rotatable bonds is 5. The van der Waals surface area contributed by atoms with Crippen molar-refractivity contribution in [2.24, 2.45) is 0 Å². The first-order valence-corrected chi connectivity index (χ1v) is 5.84. The number of hydrogen-bond donors (Lipinski definition) is 1. The summed E-state index contributed by atoms with van der Waals surface area (Å²) in [6.45, 7) is 1.47. The number of carbonyl (C=O) groups is 2. The number of benzene rings is 1. The minimum Gasteiger partial charge on any atom is -0.480 e. The van der Waals surface area contributed by atoms with Gasteiger partial charge in [0.25, 0.3) is 5.91 Å². The zero-order valence-electron chi connectivity index (χ0n) is 11.2. The first kappa shape index (κ1) is 16.5. The predicted octanol–water partition coefficient (Wildman–Crippen LogP) is 1.81. The van der Waals surface area contributed by atoms with E-state index in [1.807, 2.05) is 0 Å². The van der Waals surface area contributed by atoms with Gasteiger partial charge >= 0.3 is 11.7 Å². The number of hydrogen-bond acceptors (Lipinski definition) is 4. The van der Waals surface area contributed by atoms with Crippen molar-refractivity contribution < 1.29 is 28.4 Å². The largest absolute Gasteiger partial charge is 0.480 e. The average Bonchev–Trinajstić information content (AvgIpc) is 2.38. The van der Waals surface area contributed by atoms with Gasteiger partial charge in [0.15, 0.2) is 0 Å². The molecular weight excluding hydrogens is 290 g/mol. The van der Waals surface area contributed by atoms with E-state index in [1.165, 1.54) is 6.92 Å². The third-order valence-corrected chi connectivity index (χ3v) is 2.94. The van der Waals surface area contributed by atoms with Gasteiger partial charge in [0.1, 0.15) is 17.4 Å². The molecule has 9 heteroatoms. The molecule has 0 fully saturated rings.